The van der Waals surface area contributed by atoms with Crippen LogP contribution in [0, 0.1) is 0 Å². The van der Waals surface area contributed by atoms with Gasteiger partial charge in [0.2, 0.25) is 11.8 Å². The van der Waals surface area contributed by atoms with Crippen molar-refractivity contribution >= 4 is 35.4 Å². The number of hydrogen-bond donors (Lipinski definition) is 2. The van der Waals surface area contributed by atoms with E-state index in [1.165, 1.54) is 16.7 Å². The summed E-state index contributed by atoms with van der Waals surface area (Å²) in [4.78, 5) is 45.0. The van der Waals surface area contributed by atoms with Crippen molar-refractivity contribution in [2.45, 2.75) is 31.0 Å². The second kappa shape index (κ2) is 13.6. The molecule has 8 nitrogen and oxygen atoms in total. The molecule has 0 bridgehead atoms. The van der Waals surface area contributed by atoms with Gasteiger partial charge in [-0.15, -0.1) is 11.8 Å². The highest BCUT2D eigenvalue weighted by atomic mass is 32.2. The fraction of sp³-hybridized carbons (Fsp3) is 0.188. The minimum absolute atomic E-state index is 0.104. The molecule has 1 aromatic heterocycles. The third-order valence-electron chi connectivity index (χ3n) is 6.60. The maximum Gasteiger partial charge on any atom is 0.412 e. The molecular formula is C32H30N4O4S. The first kappa shape index (κ1) is 27.9. The number of hydrogen-bond acceptors (Lipinski definition) is 6. The smallest absolute Gasteiger partial charge is 0.412 e. The summed E-state index contributed by atoms with van der Waals surface area (Å²) in [6.45, 7) is 0.553. The Morgan fingerprint density at radius 1 is 0.854 bits per heavy atom. The molecule has 1 aliphatic rings. The molecule has 2 N–H and O–H groups in total. The molecule has 3 amide bonds. The molecule has 208 valence electrons. The number of aromatic nitrogens is 1. The predicted octanol–water partition coefficient (Wildman–Crippen LogP) is 5.33. The summed E-state index contributed by atoms with van der Waals surface area (Å²) >= 11 is 1.50. The van der Waals surface area contributed by atoms with Gasteiger partial charge in [-0.2, -0.15) is 0 Å². The minimum Gasteiger partial charge on any atom is -0.444 e. The van der Waals surface area contributed by atoms with E-state index in [-0.39, 0.29) is 24.8 Å². The number of ether oxygens (including phenoxy) is 1. The van der Waals surface area contributed by atoms with Crippen molar-refractivity contribution in [2.24, 2.45) is 0 Å². The number of benzene rings is 3. The molecule has 1 unspecified atom stereocenters. The molecule has 9 heteroatoms. The van der Waals surface area contributed by atoms with Gasteiger partial charge >= 0.3 is 6.09 Å². The Bertz CT molecular complexity index is 1470. The summed E-state index contributed by atoms with van der Waals surface area (Å²) in [5.41, 5.74) is 4.06. The van der Waals surface area contributed by atoms with Crippen LogP contribution < -0.4 is 10.6 Å². The highest BCUT2D eigenvalue weighted by Gasteiger charge is 2.43. The zero-order chi connectivity index (χ0) is 28.4. The Morgan fingerprint density at radius 2 is 1.54 bits per heavy atom. The van der Waals surface area contributed by atoms with Gasteiger partial charge in [0.05, 0.1) is 6.42 Å². The van der Waals surface area contributed by atoms with Gasteiger partial charge in [0.25, 0.3) is 0 Å². The van der Waals surface area contributed by atoms with Gasteiger partial charge in [-0.3, -0.25) is 19.5 Å². The van der Waals surface area contributed by atoms with E-state index in [1.807, 2.05) is 78.9 Å². The zero-order valence-corrected chi connectivity index (χ0v) is 23.1. The van der Waals surface area contributed by atoms with E-state index in [4.69, 9.17) is 4.74 Å². The van der Waals surface area contributed by atoms with Crippen LogP contribution in [0.25, 0.3) is 0 Å². The number of nitrogens with zero attached hydrogens (tertiary/aromatic N) is 2. The average molecular weight is 567 g/mol. The number of carbonyl (C=O) groups is 3. The van der Waals surface area contributed by atoms with Crippen molar-refractivity contribution in [1.29, 1.82) is 0 Å². The Labute approximate surface area is 243 Å². The maximum absolute atomic E-state index is 13.5. The monoisotopic (exact) mass is 566 g/mol. The van der Waals surface area contributed by atoms with E-state index in [9.17, 15) is 14.4 Å². The maximum atomic E-state index is 13.5. The predicted molar refractivity (Wildman–Crippen MR) is 159 cm³/mol. The molecule has 3 aromatic carbocycles. The van der Waals surface area contributed by atoms with Gasteiger partial charge in [0, 0.05) is 30.4 Å². The van der Waals surface area contributed by atoms with Gasteiger partial charge in [0.1, 0.15) is 18.0 Å². The Morgan fingerprint density at radius 3 is 2.27 bits per heavy atom. The third kappa shape index (κ3) is 7.52. The number of thioether (sulfide) groups is 1. The van der Waals surface area contributed by atoms with E-state index in [0.29, 0.717) is 18.0 Å². The van der Waals surface area contributed by atoms with Crippen molar-refractivity contribution in [1.82, 2.24) is 15.2 Å². The van der Waals surface area contributed by atoms with Crippen molar-refractivity contribution in [2.75, 3.05) is 11.1 Å². The van der Waals surface area contributed by atoms with Gasteiger partial charge < -0.3 is 15.4 Å². The number of carbonyl (C=O) groups excluding carboxylic acids is 3. The molecule has 2 heterocycles. The van der Waals surface area contributed by atoms with Crippen LogP contribution in [0.1, 0.15) is 27.6 Å². The first-order valence-corrected chi connectivity index (χ1v) is 14.3. The SMILES string of the molecule is O=C(Cc1cccc(NC(=O)[C@@H]2CSC(c3ccncc3)N2C(=O)OCc2ccccc2)c1)NCc1ccccc1. The Balaban J connectivity index is 1.25. The van der Waals surface area contributed by atoms with Crippen LogP contribution in [0.4, 0.5) is 10.5 Å². The third-order valence-corrected chi connectivity index (χ3v) is 7.93. The molecule has 0 spiro atoms. The van der Waals surface area contributed by atoms with Crippen LogP contribution in [-0.2, 0) is 33.9 Å². The second-order valence-corrected chi connectivity index (χ2v) is 10.7. The fourth-order valence-electron chi connectivity index (χ4n) is 4.54. The van der Waals surface area contributed by atoms with Crippen molar-refractivity contribution in [3.8, 4) is 0 Å². The van der Waals surface area contributed by atoms with Crippen LogP contribution in [0.5, 0.6) is 0 Å². The van der Waals surface area contributed by atoms with Crippen LogP contribution in [-0.4, -0.2) is 39.6 Å². The lowest BCUT2D eigenvalue weighted by atomic mass is 10.1. The van der Waals surface area contributed by atoms with Crippen molar-refractivity contribution in [3.63, 3.8) is 0 Å². The van der Waals surface area contributed by atoms with Crippen LogP contribution >= 0.6 is 11.8 Å². The second-order valence-electron chi connectivity index (χ2n) is 9.56. The summed E-state index contributed by atoms with van der Waals surface area (Å²) in [7, 11) is 0. The summed E-state index contributed by atoms with van der Waals surface area (Å²) < 4.78 is 5.65. The first-order valence-electron chi connectivity index (χ1n) is 13.3. The summed E-state index contributed by atoms with van der Waals surface area (Å²) in [6.07, 6.45) is 2.94. The lowest BCUT2D eigenvalue weighted by Crippen LogP contribution is -2.45. The molecule has 1 fully saturated rings. The molecule has 5 rings (SSSR count). The van der Waals surface area contributed by atoms with E-state index in [2.05, 4.69) is 15.6 Å². The summed E-state index contributed by atoms with van der Waals surface area (Å²) in [6, 6.07) is 29.2. The molecular weight excluding hydrogens is 536 g/mol. The van der Waals surface area contributed by atoms with Crippen molar-refractivity contribution in [3.05, 3.63) is 132 Å². The molecule has 0 radical (unpaired) electrons. The van der Waals surface area contributed by atoms with Gasteiger partial charge in [0.15, 0.2) is 0 Å². The number of rotatable bonds is 9. The number of nitrogens with one attached hydrogen (secondary N) is 2. The quantitative estimate of drug-likeness (QED) is 0.284. The molecule has 1 aliphatic heterocycles. The zero-order valence-electron chi connectivity index (χ0n) is 22.3. The molecule has 0 saturated carbocycles. The Kier molecular flexibility index (Phi) is 9.28. The first-order chi connectivity index (χ1) is 20.1. The standard InChI is InChI=1S/C32H30N4O4S/c37-29(34-20-23-8-3-1-4-9-23)19-25-12-7-13-27(18-25)35-30(38)28-22-41-31(26-14-16-33-17-15-26)36(28)32(39)40-21-24-10-5-2-6-11-24/h1-18,28,31H,19-22H2,(H,34,37)(H,35,38)/t28-,31?/m0/s1. The van der Waals surface area contributed by atoms with E-state index >= 15 is 0 Å². The van der Waals surface area contributed by atoms with Crippen LogP contribution in [0.2, 0.25) is 0 Å². The molecule has 0 aliphatic carbocycles. The van der Waals surface area contributed by atoms with Gasteiger partial charge in [-0.25, -0.2) is 4.79 Å². The van der Waals surface area contributed by atoms with Gasteiger partial charge in [-0.1, -0.05) is 72.8 Å². The summed E-state index contributed by atoms with van der Waals surface area (Å²) in [5, 5.41) is 5.47. The van der Waals surface area contributed by atoms with E-state index in [0.717, 1.165) is 22.3 Å². The molecule has 2 atom stereocenters. The number of pyridine rings is 1. The topological polar surface area (TPSA) is 101 Å². The van der Waals surface area contributed by atoms with Crippen LogP contribution in [0.3, 0.4) is 0 Å². The minimum atomic E-state index is -0.751. The normalized spacial score (nSPS) is 16.1. The molecule has 41 heavy (non-hydrogen) atoms. The summed E-state index contributed by atoms with van der Waals surface area (Å²) in [5.74, 6) is -0.0330. The van der Waals surface area contributed by atoms with Crippen molar-refractivity contribution < 1.29 is 19.1 Å². The number of anilines is 1. The lowest BCUT2D eigenvalue weighted by molar-refractivity contribution is -0.121. The average Bonchev–Trinajstić information content (AvgIpc) is 3.46. The van der Waals surface area contributed by atoms with Crippen LogP contribution in [0.15, 0.2) is 109 Å². The van der Waals surface area contributed by atoms with E-state index in [1.54, 1.807) is 30.6 Å². The highest BCUT2D eigenvalue weighted by molar-refractivity contribution is 7.99. The fourth-order valence-corrected chi connectivity index (χ4v) is 5.96. The Hall–Kier alpha value is -4.63. The molecule has 1 saturated heterocycles. The van der Waals surface area contributed by atoms with Gasteiger partial charge in [-0.05, 0) is 46.5 Å². The largest absolute Gasteiger partial charge is 0.444 e. The molecule has 4 aromatic rings. The highest BCUT2D eigenvalue weighted by Crippen LogP contribution is 2.42. The lowest BCUT2D eigenvalue weighted by Gasteiger charge is -2.28. The van der Waals surface area contributed by atoms with E-state index < -0.39 is 17.5 Å². The number of amides is 3.